The summed E-state index contributed by atoms with van der Waals surface area (Å²) in [7, 11) is 0. The highest BCUT2D eigenvalue weighted by Crippen LogP contribution is 2.65. The second-order valence-corrected chi connectivity index (χ2v) is 8.58. The van der Waals surface area contributed by atoms with Crippen molar-refractivity contribution in [3.05, 3.63) is 11.6 Å². The largest absolute Gasteiger partial charge is 0.396 e. The first-order valence-corrected chi connectivity index (χ1v) is 9.15. The Hall–Kier alpha value is -0.410. The summed E-state index contributed by atoms with van der Waals surface area (Å²) in [6, 6.07) is 0. The summed E-state index contributed by atoms with van der Waals surface area (Å²) < 4.78 is 14.3. The van der Waals surface area contributed by atoms with Crippen molar-refractivity contribution < 1.29 is 14.6 Å². The van der Waals surface area contributed by atoms with E-state index in [-0.39, 0.29) is 12.5 Å². The molecule has 22 heavy (non-hydrogen) atoms. The summed E-state index contributed by atoms with van der Waals surface area (Å²) in [4.78, 5) is 0. The lowest BCUT2D eigenvalue weighted by molar-refractivity contribution is -0.112. The van der Waals surface area contributed by atoms with Gasteiger partial charge in [0.15, 0.2) is 0 Å². The SMILES string of the molecule is C[C@]12CCCC=C1CC[C@H]1[C@@H]3C[C@@H](F)[C@H](O)[C@@]3(CO)CC[C@@H]12. The number of halogens is 1. The Morgan fingerprint density at radius 3 is 2.86 bits per heavy atom. The van der Waals surface area contributed by atoms with Gasteiger partial charge in [0.1, 0.15) is 6.17 Å². The van der Waals surface area contributed by atoms with Crippen LogP contribution in [0.1, 0.15) is 58.3 Å². The number of aliphatic hydroxyl groups is 2. The van der Waals surface area contributed by atoms with E-state index in [0.29, 0.717) is 23.7 Å². The minimum Gasteiger partial charge on any atom is -0.396 e. The Morgan fingerprint density at radius 2 is 2.09 bits per heavy atom. The van der Waals surface area contributed by atoms with E-state index < -0.39 is 17.7 Å². The Balaban J connectivity index is 1.70. The van der Waals surface area contributed by atoms with Gasteiger partial charge in [-0.05, 0) is 74.5 Å². The lowest BCUT2D eigenvalue weighted by Crippen LogP contribution is -2.53. The van der Waals surface area contributed by atoms with Crippen LogP contribution in [0.3, 0.4) is 0 Å². The molecule has 0 aromatic rings. The summed E-state index contributed by atoms with van der Waals surface area (Å²) >= 11 is 0. The fourth-order valence-corrected chi connectivity index (χ4v) is 6.79. The van der Waals surface area contributed by atoms with Gasteiger partial charge in [-0.25, -0.2) is 4.39 Å². The highest BCUT2D eigenvalue weighted by molar-refractivity contribution is 5.24. The molecule has 0 heterocycles. The molecule has 3 fully saturated rings. The molecule has 0 bridgehead atoms. The zero-order valence-electron chi connectivity index (χ0n) is 13.6. The lowest BCUT2D eigenvalue weighted by atomic mass is 9.47. The Kier molecular flexibility index (Phi) is 3.47. The van der Waals surface area contributed by atoms with Gasteiger partial charge in [-0.15, -0.1) is 0 Å². The molecule has 2 nitrogen and oxygen atoms in total. The molecule has 3 heteroatoms. The summed E-state index contributed by atoms with van der Waals surface area (Å²) in [6.45, 7) is 2.38. The first-order chi connectivity index (χ1) is 10.5. The molecule has 3 saturated carbocycles. The Morgan fingerprint density at radius 1 is 1.27 bits per heavy atom. The topological polar surface area (TPSA) is 40.5 Å². The number of allylic oxidation sites excluding steroid dienone is 2. The molecule has 0 aromatic heterocycles. The molecule has 0 spiro atoms. The van der Waals surface area contributed by atoms with E-state index in [1.165, 1.54) is 19.3 Å². The van der Waals surface area contributed by atoms with Gasteiger partial charge in [0.25, 0.3) is 0 Å². The number of hydrogen-bond donors (Lipinski definition) is 2. The fourth-order valence-electron chi connectivity index (χ4n) is 6.79. The summed E-state index contributed by atoms with van der Waals surface area (Å²) in [6.07, 6.45) is 8.67. The maximum atomic E-state index is 14.3. The van der Waals surface area contributed by atoms with Crippen LogP contribution in [0.15, 0.2) is 11.6 Å². The predicted molar refractivity (Wildman–Crippen MR) is 84.0 cm³/mol. The highest BCUT2D eigenvalue weighted by atomic mass is 19.1. The Labute approximate surface area is 132 Å². The smallest absolute Gasteiger partial charge is 0.127 e. The van der Waals surface area contributed by atoms with E-state index in [4.69, 9.17) is 0 Å². The molecule has 0 amide bonds. The van der Waals surface area contributed by atoms with Crippen LogP contribution in [0.5, 0.6) is 0 Å². The number of rotatable bonds is 1. The number of alkyl halides is 1. The maximum absolute atomic E-state index is 14.3. The highest BCUT2D eigenvalue weighted by Gasteiger charge is 2.63. The molecule has 0 unspecified atom stereocenters. The maximum Gasteiger partial charge on any atom is 0.127 e. The van der Waals surface area contributed by atoms with Crippen LogP contribution in [-0.2, 0) is 0 Å². The van der Waals surface area contributed by atoms with E-state index in [9.17, 15) is 14.6 Å². The van der Waals surface area contributed by atoms with Crippen molar-refractivity contribution in [3.8, 4) is 0 Å². The van der Waals surface area contributed by atoms with Crippen LogP contribution >= 0.6 is 0 Å². The molecule has 4 rings (SSSR count). The standard InChI is InChI=1S/C19H29FO2/c1-18-8-3-2-4-12(18)5-6-13-14(18)7-9-19(11-21)15(13)10-16(20)17(19)22/h4,13-17,21-22H,2-3,5-11H2,1H3/t13-,14+,15+,16-,17+,18+,19-/m1/s1. The molecule has 7 atom stereocenters. The van der Waals surface area contributed by atoms with Gasteiger partial charge in [-0.1, -0.05) is 18.6 Å². The van der Waals surface area contributed by atoms with Crippen molar-refractivity contribution in [2.45, 2.75) is 70.6 Å². The lowest BCUT2D eigenvalue weighted by Gasteiger charge is -2.58. The monoisotopic (exact) mass is 308 g/mol. The van der Waals surface area contributed by atoms with E-state index in [0.717, 1.165) is 25.7 Å². The zero-order valence-corrected chi connectivity index (χ0v) is 13.6. The van der Waals surface area contributed by atoms with Gasteiger partial charge in [-0.3, -0.25) is 0 Å². The van der Waals surface area contributed by atoms with E-state index in [1.54, 1.807) is 5.57 Å². The summed E-state index contributed by atoms with van der Waals surface area (Å²) in [5, 5.41) is 20.4. The van der Waals surface area contributed by atoms with Crippen molar-refractivity contribution in [1.29, 1.82) is 0 Å². The van der Waals surface area contributed by atoms with Gasteiger partial charge in [0.2, 0.25) is 0 Å². The summed E-state index contributed by atoms with van der Waals surface area (Å²) in [5.41, 5.74) is 1.38. The van der Waals surface area contributed by atoms with E-state index in [1.807, 2.05) is 0 Å². The summed E-state index contributed by atoms with van der Waals surface area (Å²) in [5.74, 6) is 1.27. The molecule has 0 aromatic carbocycles. The normalized spacial score (nSPS) is 54.2. The Bertz CT molecular complexity index is 490. The number of aliphatic hydroxyl groups excluding tert-OH is 2. The third-order valence-electron chi connectivity index (χ3n) is 7.99. The fraction of sp³-hybridized carbons (Fsp3) is 0.895. The van der Waals surface area contributed by atoms with E-state index >= 15 is 0 Å². The van der Waals surface area contributed by atoms with Crippen molar-refractivity contribution >= 4 is 0 Å². The van der Waals surface area contributed by atoms with Gasteiger partial charge in [-0.2, -0.15) is 0 Å². The van der Waals surface area contributed by atoms with Crippen LogP contribution in [0.4, 0.5) is 4.39 Å². The van der Waals surface area contributed by atoms with Gasteiger partial charge >= 0.3 is 0 Å². The number of hydrogen-bond acceptors (Lipinski definition) is 2. The molecular weight excluding hydrogens is 279 g/mol. The van der Waals surface area contributed by atoms with Crippen molar-refractivity contribution in [2.75, 3.05) is 6.61 Å². The van der Waals surface area contributed by atoms with Crippen molar-refractivity contribution in [2.24, 2.45) is 28.6 Å². The third kappa shape index (κ3) is 1.78. The van der Waals surface area contributed by atoms with Crippen molar-refractivity contribution in [3.63, 3.8) is 0 Å². The molecular formula is C19H29FO2. The third-order valence-corrected chi connectivity index (χ3v) is 7.99. The zero-order chi connectivity index (χ0) is 15.5. The van der Waals surface area contributed by atoms with Crippen molar-refractivity contribution in [1.82, 2.24) is 0 Å². The van der Waals surface area contributed by atoms with Gasteiger partial charge in [0.05, 0.1) is 12.7 Å². The first kappa shape index (κ1) is 15.1. The van der Waals surface area contributed by atoms with Gasteiger partial charge in [0, 0.05) is 5.41 Å². The quantitative estimate of drug-likeness (QED) is 0.726. The molecule has 124 valence electrons. The average molecular weight is 308 g/mol. The molecule has 2 N–H and O–H groups in total. The van der Waals surface area contributed by atoms with Crippen LogP contribution < -0.4 is 0 Å². The number of fused-ring (bicyclic) bond motifs is 5. The van der Waals surface area contributed by atoms with Crippen LogP contribution in [0.25, 0.3) is 0 Å². The second kappa shape index (κ2) is 5.04. The van der Waals surface area contributed by atoms with Crippen LogP contribution in [0, 0.1) is 28.6 Å². The second-order valence-electron chi connectivity index (χ2n) is 8.58. The minimum absolute atomic E-state index is 0.0537. The van der Waals surface area contributed by atoms with E-state index in [2.05, 4.69) is 13.0 Å². The predicted octanol–water partition coefficient (Wildman–Crippen LogP) is 3.62. The molecule has 0 saturated heterocycles. The minimum atomic E-state index is -1.15. The van der Waals surface area contributed by atoms with Crippen LogP contribution in [-0.4, -0.2) is 29.1 Å². The van der Waals surface area contributed by atoms with Gasteiger partial charge < -0.3 is 10.2 Å². The molecule has 0 radical (unpaired) electrons. The first-order valence-electron chi connectivity index (χ1n) is 9.15. The molecule has 4 aliphatic carbocycles. The van der Waals surface area contributed by atoms with Crippen LogP contribution in [0.2, 0.25) is 0 Å². The molecule has 0 aliphatic heterocycles. The molecule has 4 aliphatic rings. The average Bonchev–Trinajstić information content (AvgIpc) is 2.79.